The van der Waals surface area contributed by atoms with E-state index in [0.717, 1.165) is 18.2 Å². The van der Waals surface area contributed by atoms with Crippen molar-refractivity contribution in [3.63, 3.8) is 0 Å². The summed E-state index contributed by atoms with van der Waals surface area (Å²) in [7, 11) is 0. The Bertz CT molecular complexity index is 851. The van der Waals surface area contributed by atoms with Crippen LogP contribution in [0.3, 0.4) is 0 Å². The molecule has 0 saturated carbocycles. The zero-order valence-electron chi connectivity index (χ0n) is 13.0. The number of esters is 1. The quantitative estimate of drug-likeness (QED) is 0.359. The second-order valence-corrected chi connectivity index (χ2v) is 5.86. The van der Waals surface area contributed by atoms with E-state index in [0.29, 0.717) is 13.0 Å². The van der Waals surface area contributed by atoms with Gasteiger partial charge in [-0.3, -0.25) is 14.9 Å². The molecule has 0 aromatic heterocycles. The van der Waals surface area contributed by atoms with Crippen LogP contribution in [0.25, 0.3) is 0 Å². The third kappa shape index (κ3) is 3.61. The van der Waals surface area contributed by atoms with Crippen LogP contribution in [0.1, 0.15) is 23.2 Å². The van der Waals surface area contributed by atoms with E-state index in [9.17, 15) is 19.7 Å². The normalized spacial score (nSPS) is 13.8. The van der Waals surface area contributed by atoms with Gasteiger partial charge in [0.15, 0.2) is 0 Å². The van der Waals surface area contributed by atoms with Gasteiger partial charge in [0.05, 0.1) is 15.5 Å². The monoisotopic (exact) mass is 360 g/mol. The number of non-ortho nitro benzene ring substituents is 1. The summed E-state index contributed by atoms with van der Waals surface area (Å²) in [6, 6.07) is 10.0. The Morgan fingerprint density at radius 2 is 1.92 bits per heavy atom. The molecule has 0 N–H and O–H groups in total. The van der Waals surface area contributed by atoms with Gasteiger partial charge in [-0.25, -0.2) is 4.79 Å². The van der Waals surface area contributed by atoms with Crippen molar-refractivity contribution in [1.82, 2.24) is 0 Å². The molecule has 0 unspecified atom stereocenters. The Morgan fingerprint density at radius 3 is 2.52 bits per heavy atom. The predicted molar refractivity (Wildman–Crippen MR) is 91.1 cm³/mol. The van der Waals surface area contributed by atoms with Crippen molar-refractivity contribution < 1.29 is 19.2 Å². The number of anilines is 1. The van der Waals surface area contributed by atoms with Gasteiger partial charge >= 0.3 is 5.97 Å². The summed E-state index contributed by atoms with van der Waals surface area (Å²) < 4.78 is 5.21. The number of hydrogen-bond donors (Lipinski definition) is 0. The highest BCUT2D eigenvalue weighted by Crippen LogP contribution is 2.26. The highest BCUT2D eigenvalue weighted by Gasteiger charge is 2.22. The maximum absolute atomic E-state index is 12.2. The number of carbonyl (C=O) groups excluding carboxylic acids is 2. The summed E-state index contributed by atoms with van der Waals surface area (Å²) in [6.45, 7) is 0.668. The minimum absolute atomic E-state index is 0.0631. The average molecular weight is 361 g/mol. The molecule has 8 heteroatoms. The first kappa shape index (κ1) is 16.9. The van der Waals surface area contributed by atoms with E-state index in [4.69, 9.17) is 16.3 Å². The van der Waals surface area contributed by atoms with Gasteiger partial charge in [0.25, 0.3) is 5.69 Å². The molecular formula is C17H13ClN2O5. The van der Waals surface area contributed by atoms with Gasteiger partial charge in [0, 0.05) is 30.8 Å². The van der Waals surface area contributed by atoms with Crippen LogP contribution in [0.2, 0.25) is 5.02 Å². The van der Waals surface area contributed by atoms with E-state index in [2.05, 4.69) is 0 Å². The Kier molecular flexibility index (Phi) is 4.67. The molecule has 0 radical (unpaired) electrons. The Balaban J connectivity index is 1.76. The van der Waals surface area contributed by atoms with Crippen molar-refractivity contribution in [3.05, 3.63) is 63.2 Å². The van der Waals surface area contributed by atoms with Gasteiger partial charge in [-0.1, -0.05) is 11.6 Å². The Morgan fingerprint density at radius 1 is 1.20 bits per heavy atom. The third-order valence-corrected chi connectivity index (χ3v) is 4.14. The first-order valence-electron chi connectivity index (χ1n) is 7.52. The number of carbonyl (C=O) groups is 2. The fourth-order valence-corrected chi connectivity index (χ4v) is 2.76. The Labute approximate surface area is 147 Å². The molecule has 1 heterocycles. The van der Waals surface area contributed by atoms with E-state index < -0.39 is 10.9 Å². The summed E-state index contributed by atoms with van der Waals surface area (Å²) in [5.41, 5.74) is 0.393. The fraction of sp³-hybridized carbons (Fsp3) is 0.176. The summed E-state index contributed by atoms with van der Waals surface area (Å²) >= 11 is 5.92. The third-order valence-electron chi connectivity index (χ3n) is 3.81. The van der Waals surface area contributed by atoms with Crippen LogP contribution in [-0.4, -0.2) is 23.3 Å². The molecule has 7 nitrogen and oxygen atoms in total. The largest absolute Gasteiger partial charge is 0.423 e. The number of amides is 1. The molecule has 2 aromatic rings. The molecule has 1 aliphatic rings. The molecule has 0 bridgehead atoms. The van der Waals surface area contributed by atoms with Crippen LogP contribution >= 0.6 is 11.6 Å². The first-order valence-corrected chi connectivity index (χ1v) is 7.90. The van der Waals surface area contributed by atoms with E-state index in [-0.39, 0.29) is 27.9 Å². The number of nitro groups is 1. The Hall–Kier alpha value is -2.93. The van der Waals surface area contributed by atoms with Crippen molar-refractivity contribution >= 4 is 34.9 Å². The van der Waals surface area contributed by atoms with Gasteiger partial charge < -0.3 is 9.64 Å². The van der Waals surface area contributed by atoms with Gasteiger partial charge in [0.1, 0.15) is 5.75 Å². The van der Waals surface area contributed by atoms with Gasteiger partial charge in [0.2, 0.25) is 5.91 Å². The minimum atomic E-state index is -0.793. The van der Waals surface area contributed by atoms with E-state index in [1.807, 2.05) is 0 Å². The average Bonchev–Trinajstić information content (AvgIpc) is 3.01. The van der Waals surface area contributed by atoms with E-state index in [1.54, 1.807) is 29.2 Å². The predicted octanol–water partition coefficient (Wildman–Crippen LogP) is 3.59. The van der Waals surface area contributed by atoms with Gasteiger partial charge in [-0.15, -0.1) is 0 Å². The molecule has 0 spiro atoms. The first-order chi connectivity index (χ1) is 12.0. The lowest BCUT2D eigenvalue weighted by atomic mass is 10.2. The van der Waals surface area contributed by atoms with Gasteiger partial charge in [-0.05, 0) is 36.8 Å². The van der Waals surface area contributed by atoms with Crippen LogP contribution in [-0.2, 0) is 4.79 Å². The zero-order valence-corrected chi connectivity index (χ0v) is 13.7. The number of rotatable bonds is 4. The molecule has 1 amide bonds. The molecule has 1 aliphatic heterocycles. The topological polar surface area (TPSA) is 89.8 Å². The number of nitrogens with zero attached hydrogens (tertiary/aromatic N) is 2. The second-order valence-electron chi connectivity index (χ2n) is 5.45. The van der Waals surface area contributed by atoms with E-state index in [1.165, 1.54) is 12.1 Å². The molecule has 1 saturated heterocycles. The number of benzene rings is 2. The van der Waals surface area contributed by atoms with Crippen molar-refractivity contribution in [2.45, 2.75) is 12.8 Å². The van der Waals surface area contributed by atoms with Crippen LogP contribution in [0.5, 0.6) is 5.75 Å². The smallest absolute Gasteiger partial charge is 0.345 e. The molecular weight excluding hydrogens is 348 g/mol. The molecule has 0 atom stereocenters. The lowest BCUT2D eigenvalue weighted by molar-refractivity contribution is -0.384. The zero-order chi connectivity index (χ0) is 18.0. The summed E-state index contributed by atoms with van der Waals surface area (Å²) in [5, 5.41) is 10.9. The van der Waals surface area contributed by atoms with Crippen LogP contribution in [0.4, 0.5) is 11.4 Å². The maximum Gasteiger partial charge on any atom is 0.345 e. The number of nitro benzene ring substituents is 1. The van der Waals surface area contributed by atoms with E-state index >= 15 is 0 Å². The molecule has 0 aliphatic carbocycles. The SMILES string of the molecule is O=C(Oc1ccc(N2CCCC2=O)cc1)c1cc([N+](=O)[O-])ccc1Cl. The summed E-state index contributed by atoms with van der Waals surface area (Å²) in [6.07, 6.45) is 1.35. The number of halogens is 1. The van der Waals surface area contributed by atoms with Crippen LogP contribution < -0.4 is 9.64 Å². The van der Waals surface area contributed by atoms with Crippen molar-refractivity contribution in [3.8, 4) is 5.75 Å². The van der Waals surface area contributed by atoms with Crippen molar-refractivity contribution in [1.29, 1.82) is 0 Å². The van der Waals surface area contributed by atoms with Crippen LogP contribution in [0.15, 0.2) is 42.5 Å². The number of hydrogen-bond acceptors (Lipinski definition) is 5. The summed E-state index contributed by atoms with van der Waals surface area (Å²) in [5.74, 6) is -0.477. The lowest BCUT2D eigenvalue weighted by Gasteiger charge is -2.15. The second kappa shape index (κ2) is 6.90. The molecule has 3 rings (SSSR count). The molecule has 25 heavy (non-hydrogen) atoms. The molecule has 128 valence electrons. The number of ether oxygens (including phenoxy) is 1. The van der Waals surface area contributed by atoms with Gasteiger partial charge in [-0.2, -0.15) is 0 Å². The fourth-order valence-electron chi connectivity index (χ4n) is 2.56. The highest BCUT2D eigenvalue weighted by molar-refractivity contribution is 6.33. The standard InChI is InChI=1S/C17H13ClN2O5/c18-15-8-5-12(20(23)24)10-14(15)17(22)25-13-6-3-11(4-7-13)19-9-1-2-16(19)21/h3-8,10H,1-2,9H2. The highest BCUT2D eigenvalue weighted by atomic mass is 35.5. The van der Waals surface area contributed by atoms with Crippen molar-refractivity contribution in [2.75, 3.05) is 11.4 Å². The lowest BCUT2D eigenvalue weighted by Crippen LogP contribution is -2.23. The summed E-state index contributed by atoms with van der Waals surface area (Å²) in [4.78, 5) is 35.8. The maximum atomic E-state index is 12.2. The molecule has 2 aromatic carbocycles. The minimum Gasteiger partial charge on any atom is -0.423 e. The molecule has 1 fully saturated rings. The van der Waals surface area contributed by atoms with Crippen LogP contribution in [0, 0.1) is 10.1 Å². The van der Waals surface area contributed by atoms with Crippen molar-refractivity contribution in [2.24, 2.45) is 0 Å².